The van der Waals surface area contributed by atoms with Gasteiger partial charge in [-0.3, -0.25) is 4.79 Å². The Balaban J connectivity index is 2.32. The van der Waals surface area contributed by atoms with E-state index in [1.807, 2.05) is 0 Å². The number of nitrogens with one attached hydrogen (secondary N) is 1. The summed E-state index contributed by atoms with van der Waals surface area (Å²) in [5.74, 6) is -1.66. The molecule has 1 heterocycles. The number of ether oxygens (including phenoxy) is 1. The van der Waals surface area contributed by atoms with E-state index in [0.717, 1.165) is 12.1 Å². The van der Waals surface area contributed by atoms with Gasteiger partial charge in [0.2, 0.25) is 0 Å². The lowest BCUT2D eigenvalue weighted by Crippen LogP contribution is -2.08. The monoisotopic (exact) mass is 240 g/mol. The van der Waals surface area contributed by atoms with E-state index in [4.69, 9.17) is 4.74 Å². The summed E-state index contributed by atoms with van der Waals surface area (Å²) in [6, 6.07) is 1.87. The highest BCUT2D eigenvalue weighted by Gasteiger charge is 2.12. The third kappa shape index (κ3) is 2.41. The molecule has 2 rings (SSSR count). The second kappa shape index (κ2) is 4.48. The van der Waals surface area contributed by atoms with Crippen molar-refractivity contribution in [1.29, 1.82) is 0 Å². The van der Waals surface area contributed by atoms with E-state index in [0.29, 0.717) is 0 Å². The van der Waals surface area contributed by atoms with Gasteiger partial charge in [0, 0.05) is 6.07 Å². The number of rotatable bonds is 3. The van der Waals surface area contributed by atoms with Crippen molar-refractivity contribution in [2.45, 2.75) is 13.3 Å². The fourth-order valence-electron chi connectivity index (χ4n) is 1.53. The topological polar surface area (TPSA) is 55.0 Å². The number of carbonyl (C=O) groups is 1. The van der Waals surface area contributed by atoms with Crippen LogP contribution in [0.4, 0.5) is 8.78 Å². The van der Waals surface area contributed by atoms with Gasteiger partial charge in [-0.1, -0.05) is 0 Å². The highest BCUT2D eigenvalue weighted by atomic mass is 19.1. The second-order valence-electron chi connectivity index (χ2n) is 3.45. The Morgan fingerprint density at radius 2 is 2.24 bits per heavy atom. The molecule has 0 fully saturated rings. The van der Waals surface area contributed by atoms with Crippen molar-refractivity contribution in [2.75, 3.05) is 6.61 Å². The number of hydrogen-bond acceptors (Lipinski definition) is 3. The summed E-state index contributed by atoms with van der Waals surface area (Å²) >= 11 is 0. The number of aromatic nitrogens is 2. The van der Waals surface area contributed by atoms with Crippen molar-refractivity contribution in [1.82, 2.24) is 9.97 Å². The van der Waals surface area contributed by atoms with E-state index in [2.05, 4.69) is 9.97 Å². The summed E-state index contributed by atoms with van der Waals surface area (Å²) in [7, 11) is 0. The first-order valence-corrected chi connectivity index (χ1v) is 5.09. The van der Waals surface area contributed by atoms with Gasteiger partial charge in [0.1, 0.15) is 23.6 Å². The van der Waals surface area contributed by atoms with E-state index >= 15 is 0 Å². The zero-order chi connectivity index (χ0) is 12.4. The molecule has 0 amide bonds. The number of nitrogens with zero attached hydrogens (tertiary/aromatic N) is 1. The number of esters is 1. The molecular weight excluding hydrogens is 230 g/mol. The summed E-state index contributed by atoms with van der Waals surface area (Å²) < 4.78 is 30.9. The van der Waals surface area contributed by atoms with Gasteiger partial charge in [-0.05, 0) is 13.0 Å². The molecule has 0 saturated heterocycles. The van der Waals surface area contributed by atoms with E-state index in [-0.39, 0.29) is 29.9 Å². The van der Waals surface area contributed by atoms with Gasteiger partial charge in [-0.2, -0.15) is 0 Å². The molecule has 0 spiro atoms. The van der Waals surface area contributed by atoms with Gasteiger partial charge < -0.3 is 9.72 Å². The standard InChI is InChI=1S/C11H10F2N2O2/c1-2-17-10(16)5-9-14-8-4-6(12)3-7(13)11(8)15-9/h3-4H,2,5H2,1H3,(H,14,15). The summed E-state index contributed by atoms with van der Waals surface area (Å²) in [6.07, 6.45) is -0.0937. The van der Waals surface area contributed by atoms with Crippen molar-refractivity contribution < 1.29 is 18.3 Å². The quantitative estimate of drug-likeness (QED) is 0.834. The number of H-pyrrole nitrogens is 1. The lowest BCUT2D eigenvalue weighted by molar-refractivity contribution is -0.142. The smallest absolute Gasteiger partial charge is 0.313 e. The molecular formula is C11H10F2N2O2. The van der Waals surface area contributed by atoms with E-state index < -0.39 is 17.6 Å². The Kier molecular flexibility index (Phi) is 3.03. The summed E-state index contributed by atoms with van der Waals surface area (Å²) in [5, 5.41) is 0. The van der Waals surface area contributed by atoms with Gasteiger partial charge >= 0.3 is 5.97 Å². The zero-order valence-electron chi connectivity index (χ0n) is 9.09. The summed E-state index contributed by atoms with van der Waals surface area (Å²) in [6.45, 7) is 1.95. The van der Waals surface area contributed by atoms with Crippen molar-refractivity contribution in [3.05, 3.63) is 29.6 Å². The first-order valence-electron chi connectivity index (χ1n) is 5.09. The van der Waals surface area contributed by atoms with Crippen molar-refractivity contribution in [3.8, 4) is 0 Å². The SMILES string of the molecule is CCOC(=O)Cc1nc2c(F)cc(F)cc2[nH]1. The third-order valence-electron chi connectivity index (χ3n) is 2.17. The molecule has 2 aromatic rings. The van der Waals surface area contributed by atoms with Gasteiger partial charge in [-0.15, -0.1) is 0 Å². The Labute approximate surface area is 95.6 Å². The van der Waals surface area contributed by atoms with Crippen LogP contribution in [0.3, 0.4) is 0 Å². The van der Waals surface area contributed by atoms with Gasteiger partial charge in [-0.25, -0.2) is 13.8 Å². The van der Waals surface area contributed by atoms with E-state index in [9.17, 15) is 13.6 Å². The van der Waals surface area contributed by atoms with Crippen LogP contribution in [0.2, 0.25) is 0 Å². The first kappa shape index (κ1) is 11.5. The Morgan fingerprint density at radius 1 is 1.47 bits per heavy atom. The van der Waals surface area contributed by atoms with Crippen LogP contribution < -0.4 is 0 Å². The van der Waals surface area contributed by atoms with Crippen LogP contribution in [-0.4, -0.2) is 22.5 Å². The van der Waals surface area contributed by atoms with Gasteiger partial charge in [0.25, 0.3) is 0 Å². The van der Waals surface area contributed by atoms with Crippen LogP contribution in [0.1, 0.15) is 12.7 Å². The molecule has 0 aliphatic heterocycles. The first-order chi connectivity index (χ1) is 8.10. The number of fused-ring (bicyclic) bond motifs is 1. The predicted molar refractivity (Wildman–Crippen MR) is 56.3 cm³/mol. The van der Waals surface area contributed by atoms with Crippen LogP contribution in [0.5, 0.6) is 0 Å². The molecule has 0 saturated carbocycles. The highest BCUT2D eigenvalue weighted by molar-refractivity contribution is 5.78. The van der Waals surface area contributed by atoms with Crippen LogP contribution >= 0.6 is 0 Å². The van der Waals surface area contributed by atoms with Crippen LogP contribution in [-0.2, 0) is 16.0 Å². The fourth-order valence-corrected chi connectivity index (χ4v) is 1.53. The lowest BCUT2D eigenvalue weighted by atomic mass is 10.3. The highest BCUT2D eigenvalue weighted by Crippen LogP contribution is 2.17. The second-order valence-corrected chi connectivity index (χ2v) is 3.45. The largest absolute Gasteiger partial charge is 0.466 e. The molecule has 0 atom stereocenters. The molecule has 90 valence electrons. The predicted octanol–water partition coefficient (Wildman–Crippen LogP) is 1.95. The number of hydrogen-bond donors (Lipinski definition) is 1. The zero-order valence-corrected chi connectivity index (χ0v) is 9.09. The van der Waals surface area contributed by atoms with Crippen LogP contribution in [0, 0.1) is 11.6 Å². The molecule has 1 N–H and O–H groups in total. The number of carbonyl (C=O) groups excluding carboxylic acids is 1. The molecule has 0 radical (unpaired) electrons. The van der Waals surface area contributed by atoms with Gasteiger partial charge in [0.15, 0.2) is 5.82 Å². The Morgan fingerprint density at radius 3 is 2.94 bits per heavy atom. The number of aromatic amines is 1. The summed E-state index contributed by atoms with van der Waals surface area (Å²) in [4.78, 5) is 17.7. The molecule has 0 unspecified atom stereocenters. The van der Waals surface area contributed by atoms with Gasteiger partial charge in [0.05, 0.1) is 12.1 Å². The lowest BCUT2D eigenvalue weighted by Gasteiger charge is -1.97. The van der Waals surface area contributed by atoms with Crippen LogP contribution in [0.15, 0.2) is 12.1 Å². The number of benzene rings is 1. The molecule has 17 heavy (non-hydrogen) atoms. The minimum Gasteiger partial charge on any atom is -0.466 e. The average molecular weight is 240 g/mol. The van der Waals surface area contributed by atoms with Crippen LogP contribution in [0.25, 0.3) is 11.0 Å². The van der Waals surface area contributed by atoms with Crippen molar-refractivity contribution in [3.63, 3.8) is 0 Å². The summed E-state index contributed by atoms with van der Waals surface area (Å²) in [5.41, 5.74) is 0.243. The van der Waals surface area contributed by atoms with E-state index in [1.54, 1.807) is 6.92 Å². The number of halogens is 2. The molecule has 1 aromatic heterocycles. The molecule has 4 nitrogen and oxygen atoms in total. The van der Waals surface area contributed by atoms with Crippen molar-refractivity contribution in [2.24, 2.45) is 0 Å². The van der Waals surface area contributed by atoms with E-state index in [1.165, 1.54) is 0 Å². The Bertz CT molecular complexity index is 566. The maximum atomic E-state index is 13.3. The Hall–Kier alpha value is -1.98. The average Bonchev–Trinajstić information content (AvgIpc) is 2.60. The maximum Gasteiger partial charge on any atom is 0.313 e. The molecule has 0 aliphatic rings. The normalized spacial score (nSPS) is 10.8. The fraction of sp³-hybridized carbons (Fsp3) is 0.273. The molecule has 1 aromatic carbocycles. The van der Waals surface area contributed by atoms with Crippen molar-refractivity contribution >= 4 is 17.0 Å². The minimum absolute atomic E-state index is 0.0192. The number of imidazole rings is 1. The minimum atomic E-state index is -0.758. The molecule has 0 bridgehead atoms. The molecule has 0 aliphatic carbocycles. The maximum absolute atomic E-state index is 13.3. The third-order valence-corrected chi connectivity index (χ3v) is 2.17. The molecule has 6 heteroatoms.